The van der Waals surface area contributed by atoms with E-state index in [2.05, 4.69) is 36.9 Å². The zero-order chi connectivity index (χ0) is 59.3. The number of likely N-dealkylation sites (N-methyl/N-ethyl adjacent to an activating group) is 2. The van der Waals surface area contributed by atoms with E-state index in [0.29, 0.717) is 29.8 Å². The number of carboxylic acids is 1. The van der Waals surface area contributed by atoms with Crippen LogP contribution in [0.25, 0.3) is 0 Å². The van der Waals surface area contributed by atoms with Gasteiger partial charge in [0.2, 0.25) is 35.4 Å². The first-order chi connectivity index (χ1) is 37.1. The van der Waals surface area contributed by atoms with E-state index in [1.165, 1.54) is 56.6 Å². The number of anilines is 1. The summed E-state index contributed by atoms with van der Waals surface area (Å²) in [4.78, 5) is 136. The van der Waals surface area contributed by atoms with Gasteiger partial charge in [0, 0.05) is 82.5 Å². The molecule has 1 aromatic heterocycles. The lowest BCUT2D eigenvalue weighted by molar-refractivity contribution is -0.142. The maximum Gasteiger partial charge on any atom is 0.303 e. The van der Waals surface area contributed by atoms with Crippen LogP contribution in [0, 0.1) is 11.8 Å². The molecule has 2 heterocycles. The van der Waals surface area contributed by atoms with Gasteiger partial charge >= 0.3 is 5.97 Å². The first kappa shape index (κ1) is 66.4. The first-order valence-corrected chi connectivity index (χ1v) is 27.4. The van der Waals surface area contributed by atoms with Gasteiger partial charge < -0.3 is 56.5 Å². The number of carbonyl (C=O) groups excluding carboxylic acids is 9. The van der Waals surface area contributed by atoms with Crippen molar-refractivity contribution in [3.05, 3.63) is 52.0 Å². The molecule has 2 aromatic rings. The van der Waals surface area contributed by atoms with Crippen molar-refractivity contribution in [2.75, 3.05) is 59.9 Å². The third-order valence-electron chi connectivity index (χ3n) is 13.9. The number of rotatable bonds is 34. The maximum absolute atomic E-state index is 14.2. The highest BCUT2D eigenvalue weighted by atomic mass is 32.1. The Morgan fingerprint density at radius 3 is 2.11 bits per heavy atom. The van der Waals surface area contributed by atoms with Gasteiger partial charge in [-0.05, 0) is 90.6 Å². The van der Waals surface area contributed by atoms with E-state index in [-0.39, 0.29) is 111 Å². The minimum Gasteiger partial charge on any atom is -0.506 e. The molecule has 0 saturated carbocycles. The number of amides is 9. The molecule has 3 rings (SSSR count). The van der Waals surface area contributed by atoms with Crippen molar-refractivity contribution in [3.8, 4) is 5.75 Å². The summed E-state index contributed by atoms with van der Waals surface area (Å²) >= 11 is 1.19. The van der Waals surface area contributed by atoms with Crippen molar-refractivity contribution in [1.82, 2.24) is 46.3 Å². The number of carbonyl (C=O) groups is 10. The number of nitrogens with zero attached hydrogens (tertiary/aromatic N) is 4. The van der Waals surface area contributed by atoms with Crippen LogP contribution in [0.3, 0.4) is 0 Å². The quantitative estimate of drug-likeness (QED) is 0.0284. The lowest BCUT2D eigenvalue weighted by atomic mass is 9.92. The molecule has 0 fully saturated rings. The van der Waals surface area contributed by atoms with Crippen LogP contribution in [0.15, 0.2) is 35.7 Å². The fraction of sp³-hybridized carbons (Fsp3) is 0.611. The fourth-order valence-corrected chi connectivity index (χ4v) is 8.98. The van der Waals surface area contributed by atoms with Gasteiger partial charge in [-0.25, -0.2) is 4.98 Å². The number of phenols is 1. The van der Waals surface area contributed by atoms with Gasteiger partial charge in [-0.1, -0.05) is 40.2 Å². The van der Waals surface area contributed by atoms with E-state index in [9.17, 15) is 58.2 Å². The van der Waals surface area contributed by atoms with E-state index in [1.54, 1.807) is 56.2 Å². The second-order valence-electron chi connectivity index (χ2n) is 20.7. The summed E-state index contributed by atoms with van der Waals surface area (Å²) in [5.74, 6) is -5.71. The molecule has 438 valence electrons. The summed E-state index contributed by atoms with van der Waals surface area (Å²) < 4.78 is 11.3. The Balaban J connectivity index is 1.56. The van der Waals surface area contributed by atoms with Gasteiger partial charge in [-0.3, -0.25) is 57.7 Å². The SMILES string of the molecule is CC[C@H](C)[C@H](NC(=O)C(C)(C)N(C)C)C(=O)N(C)[C@H](C[C@@H](OC)c1nc(C(=O)N[C@H](CCC(=O)O)Cc2ccc(O)c(NC(=O)[C@H](C)NC(=O)[C@H](C)NC(=O)CCOCCNC(=O)CCCN3C(=O)C=CC3=O)c2)cs1)C(C)C. The minimum atomic E-state index is -1.14. The van der Waals surface area contributed by atoms with Gasteiger partial charge in [-0.15, -0.1) is 11.3 Å². The molecule has 24 nitrogen and oxygen atoms in total. The van der Waals surface area contributed by atoms with Crippen molar-refractivity contribution >= 4 is 76.2 Å². The topological polar surface area (TPSA) is 324 Å². The number of benzene rings is 1. The largest absolute Gasteiger partial charge is 0.506 e. The molecule has 79 heavy (non-hydrogen) atoms. The minimum absolute atomic E-state index is 0.0103. The number of aromatic nitrogens is 1. The molecule has 7 atom stereocenters. The molecule has 25 heteroatoms. The molecule has 1 aliphatic rings. The Labute approximate surface area is 466 Å². The van der Waals surface area contributed by atoms with Gasteiger partial charge in [0.05, 0.1) is 24.4 Å². The number of thiazole rings is 1. The summed E-state index contributed by atoms with van der Waals surface area (Å²) in [6.07, 6.45) is 2.80. The number of imide groups is 1. The highest BCUT2D eigenvalue weighted by Crippen LogP contribution is 2.31. The molecular weight excluding hydrogens is 1040 g/mol. The molecule has 0 unspecified atom stereocenters. The van der Waals surface area contributed by atoms with Crippen LogP contribution >= 0.6 is 11.3 Å². The van der Waals surface area contributed by atoms with Crippen molar-refractivity contribution in [3.63, 3.8) is 0 Å². The summed E-state index contributed by atoms with van der Waals surface area (Å²) in [5.41, 5.74) is -0.311. The lowest BCUT2D eigenvalue weighted by Gasteiger charge is -2.38. The summed E-state index contributed by atoms with van der Waals surface area (Å²) in [7, 11) is 6.83. The Kier molecular flexibility index (Phi) is 26.6. The van der Waals surface area contributed by atoms with Crippen LogP contribution in [-0.2, 0) is 59.0 Å². The molecule has 1 aromatic carbocycles. The van der Waals surface area contributed by atoms with Gasteiger partial charge in [0.15, 0.2) is 0 Å². The number of ether oxygens (including phenoxy) is 2. The average molecular weight is 1130 g/mol. The standard InChI is InChI=1S/C54H82N10O14S/c1-13-32(4)47(61-53(76)54(7,8)62(9)10)52(75)63(11)39(31(2)3)29-41(77-12)51-60-38(30-79-51)50(74)58-36(17-21-46(70)71)27-35-16-18-40(65)37(28-35)59-49(73)34(6)57-48(72)33(5)56-43(67)22-25-78-26-23-55-42(66)15-14-24-64-44(68)19-20-45(64)69/h16,18-20,28,30-34,36,39,41,47,65H,13-15,17,21-27,29H2,1-12H3,(H,55,66)(H,56,67)(H,57,72)(H,58,74)(H,59,73)(H,61,76)(H,70,71)/t32-,33-,34-,36+,39+,41+,47-/m0/s1. The highest BCUT2D eigenvalue weighted by Gasteiger charge is 2.38. The molecule has 1 aliphatic heterocycles. The van der Waals surface area contributed by atoms with Crippen molar-refractivity contribution in [1.29, 1.82) is 0 Å². The third kappa shape index (κ3) is 20.7. The Morgan fingerprint density at radius 1 is 0.848 bits per heavy atom. The molecule has 8 N–H and O–H groups in total. The van der Waals surface area contributed by atoms with E-state index < -0.39 is 77.2 Å². The molecular formula is C54H82N10O14S. The van der Waals surface area contributed by atoms with E-state index in [4.69, 9.17) is 9.47 Å². The Bertz CT molecular complexity index is 2480. The Hall–Kier alpha value is -6.83. The van der Waals surface area contributed by atoms with E-state index >= 15 is 0 Å². The fourth-order valence-electron chi connectivity index (χ4n) is 8.09. The van der Waals surface area contributed by atoms with Gasteiger partial charge in [-0.2, -0.15) is 0 Å². The molecule has 0 bridgehead atoms. The third-order valence-corrected chi connectivity index (χ3v) is 14.9. The maximum atomic E-state index is 14.2. The monoisotopic (exact) mass is 1130 g/mol. The normalized spacial score (nSPS) is 15.1. The number of phenolic OH excluding ortho intramolecular Hbond substituents is 1. The second-order valence-corrected chi connectivity index (χ2v) is 21.6. The van der Waals surface area contributed by atoms with Gasteiger partial charge in [0.25, 0.3) is 17.7 Å². The van der Waals surface area contributed by atoms with Crippen LogP contribution in [0.2, 0.25) is 0 Å². The zero-order valence-corrected chi connectivity index (χ0v) is 48.4. The van der Waals surface area contributed by atoms with Crippen LogP contribution < -0.4 is 31.9 Å². The summed E-state index contributed by atoms with van der Waals surface area (Å²) in [6.45, 7) is 14.7. The van der Waals surface area contributed by atoms with E-state index in [1.807, 2.05) is 27.7 Å². The van der Waals surface area contributed by atoms with E-state index in [0.717, 1.165) is 4.90 Å². The number of aromatic hydroxyl groups is 1. The van der Waals surface area contributed by atoms with Gasteiger partial charge in [0.1, 0.15) is 40.7 Å². The zero-order valence-electron chi connectivity index (χ0n) is 47.6. The number of hydrogen-bond acceptors (Lipinski definition) is 16. The lowest BCUT2D eigenvalue weighted by Crippen LogP contribution is -2.60. The molecule has 0 aliphatic carbocycles. The average Bonchev–Trinajstić information content (AvgIpc) is 4.02. The molecule has 0 radical (unpaired) electrons. The predicted molar refractivity (Wildman–Crippen MR) is 294 cm³/mol. The smallest absolute Gasteiger partial charge is 0.303 e. The number of hydrogen-bond donors (Lipinski definition) is 8. The second kappa shape index (κ2) is 31.7. The molecule has 0 saturated heterocycles. The van der Waals surface area contributed by atoms with Crippen molar-refractivity contribution < 1.29 is 67.6 Å². The number of carboxylic acid groups (broad SMARTS) is 1. The predicted octanol–water partition coefficient (Wildman–Crippen LogP) is 2.66. The number of methoxy groups -OCH3 is 1. The highest BCUT2D eigenvalue weighted by molar-refractivity contribution is 7.09. The van der Waals surface area contributed by atoms with Crippen LogP contribution in [0.5, 0.6) is 5.75 Å². The molecule has 0 spiro atoms. The number of aliphatic carboxylic acids is 1. The van der Waals surface area contributed by atoms with Crippen molar-refractivity contribution in [2.24, 2.45) is 11.8 Å². The Morgan fingerprint density at radius 2 is 1.51 bits per heavy atom. The number of nitrogens with one attached hydrogen (secondary N) is 6. The first-order valence-electron chi connectivity index (χ1n) is 26.5. The van der Waals surface area contributed by atoms with Crippen LogP contribution in [0.4, 0.5) is 5.69 Å². The van der Waals surface area contributed by atoms with Crippen molar-refractivity contribution in [2.45, 2.75) is 149 Å². The van der Waals surface area contributed by atoms with Crippen LogP contribution in [0.1, 0.15) is 127 Å². The van der Waals surface area contributed by atoms with Crippen LogP contribution in [-0.4, -0.2) is 179 Å². The summed E-state index contributed by atoms with van der Waals surface area (Å²) in [6, 6.07) is 0.272. The molecule has 9 amide bonds. The summed E-state index contributed by atoms with van der Waals surface area (Å²) in [5, 5.41) is 38.5.